The van der Waals surface area contributed by atoms with Gasteiger partial charge in [0.25, 0.3) is 0 Å². The summed E-state index contributed by atoms with van der Waals surface area (Å²) >= 11 is 0. The van der Waals surface area contributed by atoms with Gasteiger partial charge in [-0.25, -0.2) is 9.36 Å². The Kier molecular flexibility index (Phi) is 4.80. The number of carbonyl (C=O) groups is 1. The summed E-state index contributed by atoms with van der Waals surface area (Å²) in [4.78, 5) is 13.8. The summed E-state index contributed by atoms with van der Waals surface area (Å²) < 4.78 is 10.5. The fourth-order valence-corrected chi connectivity index (χ4v) is 6.42. The minimum atomic E-state index is -0.296. The van der Waals surface area contributed by atoms with Gasteiger partial charge in [0, 0.05) is 16.8 Å². The quantitative estimate of drug-likeness (QED) is 0.110. The Bertz CT molecular complexity index is 2080. The van der Waals surface area contributed by atoms with Gasteiger partial charge >= 0.3 is 5.97 Å². The highest BCUT2D eigenvalue weighted by Gasteiger charge is 2.29. The van der Waals surface area contributed by atoms with E-state index in [9.17, 15) is 4.79 Å². The van der Waals surface area contributed by atoms with Gasteiger partial charge in [-0.2, -0.15) is 0 Å². The first-order valence-electron chi connectivity index (χ1n) is 13.1. The number of rotatable bonds is 3. The molecule has 186 valence electrons. The van der Waals surface area contributed by atoms with Gasteiger partial charge in [-0.05, 0) is 73.0 Å². The minimum Gasteiger partial charge on any atom is -0.457 e. The van der Waals surface area contributed by atoms with Gasteiger partial charge in [-0.15, -0.1) is 0 Å². The van der Waals surface area contributed by atoms with E-state index in [0.29, 0.717) is 5.56 Å². The van der Waals surface area contributed by atoms with E-state index in [1.807, 2.05) is 36.4 Å². The SMILES string of the molecule is Cc1cc(C)c2c(c1C)c1c3c(cc[n+]1C)cc(C(=O)OCc1ccccc1)c1c4c(C)cccc4n2c13. The highest BCUT2D eigenvalue weighted by atomic mass is 16.5. The summed E-state index contributed by atoms with van der Waals surface area (Å²) in [5.74, 6) is -0.296. The molecule has 4 aromatic carbocycles. The summed E-state index contributed by atoms with van der Waals surface area (Å²) in [5.41, 5.74) is 11.1. The Morgan fingerprint density at radius 1 is 0.789 bits per heavy atom. The highest BCUT2D eigenvalue weighted by molar-refractivity contribution is 6.31. The van der Waals surface area contributed by atoms with Crippen molar-refractivity contribution < 1.29 is 14.1 Å². The van der Waals surface area contributed by atoms with Crippen molar-refractivity contribution in [2.24, 2.45) is 7.05 Å². The first kappa shape index (κ1) is 22.7. The number of nitrogens with zero attached hydrogens (tertiary/aromatic N) is 2. The molecule has 0 unspecified atom stereocenters. The Hall–Kier alpha value is -4.44. The lowest BCUT2D eigenvalue weighted by molar-refractivity contribution is -0.643. The van der Waals surface area contributed by atoms with Gasteiger partial charge < -0.3 is 9.14 Å². The number of pyridine rings is 2. The lowest BCUT2D eigenvalue weighted by Crippen LogP contribution is -2.29. The fourth-order valence-electron chi connectivity index (χ4n) is 6.42. The van der Waals surface area contributed by atoms with Crippen LogP contribution in [-0.4, -0.2) is 10.4 Å². The number of esters is 1. The minimum absolute atomic E-state index is 0.242. The molecule has 0 amide bonds. The zero-order chi connectivity index (χ0) is 26.3. The van der Waals surface area contributed by atoms with Gasteiger partial charge in [0.1, 0.15) is 13.7 Å². The molecule has 7 rings (SSSR count). The van der Waals surface area contributed by atoms with E-state index in [4.69, 9.17) is 4.74 Å². The molecule has 0 saturated carbocycles. The van der Waals surface area contributed by atoms with E-state index in [-0.39, 0.29) is 12.6 Å². The lowest BCUT2D eigenvalue weighted by Gasteiger charge is -2.17. The maximum atomic E-state index is 13.8. The molecular weight excluding hydrogens is 468 g/mol. The molecule has 0 radical (unpaired) electrons. The van der Waals surface area contributed by atoms with Crippen LogP contribution < -0.4 is 4.57 Å². The predicted molar refractivity (Wildman–Crippen MR) is 154 cm³/mol. The van der Waals surface area contributed by atoms with Crippen LogP contribution in [-0.2, 0) is 18.4 Å². The van der Waals surface area contributed by atoms with Crippen molar-refractivity contribution in [1.82, 2.24) is 4.40 Å². The number of carbonyl (C=O) groups excluding carboxylic acids is 1. The average molecular weight is 498 g/mol. The summed E-state index contributed by atoms with van der Waals surface area (Å²) in [6.07, 6.45) is 2.10. The highest BCUT2D eigenvalue weighted by Crippen LogP contribution is 2.44. The van der Waals surface area contributed by atoms with E-state index < -0.39 is 0 Å². The topological polar surface area (TPSA) is 34.6 Å². The predicted octanol–water partition coefficient (Wildman–Crippen LogP) is 7.41. The first-order chi connectivity index (χ1) is 18.4. The van der Waals surface area contributed by atoms with Crippen molar-refractivity contribution in [3.8, 4) is 0 Å². The number of hydrogen-bond donors (Lipinski definition) is 0. The fraction of sp³-hybridized carbons (Fsp3) is 0.176. The number of hydrogen-bond acceptors (Lipinski definition) is 2. The number of ether oxygens (including phenoxy) is 1. The molecule has 0 aliphatic rings. The van der Waals surface area contributed by atoms with Crippen LogP contribution in [0.15, 0.2) is 72.9 Å². The molecule has 7 aromatic rings. The maximum absolute atomic E-state index is 13.8. The Labute approximate surface area is 221 Å². The van der Waals surface area contributed by atoms with E-state index in [0.717, 1.165) is 38.3 Å². The van der Waals surface area contributed by atoms with E-state index in [1.54, 1.807) is 0 Å². The van der Waals surface area contributed by atoms with E-state index >= 15 is 0 Å². The third kappa shape index (κ3) is 2.97. The molecular formula is C34H29N2O2+. The summed E-state index contributed by atoms with van der Waals surface area (Å²) in [7, 11) is 2.12. The van der Waals surface area contributed by atoms with Gasteiger partial charge in [0.2, 0.25) is 5.52 Å². The number of fused-ring (bicyclic) bond motifs is 6. The second kappa shape index (κ2) is 8.03. The standard InChI is InChI=1S/C34H29N2O2/c1-19-10-9-13-26-27(19)30-25(34(37)38-18-23-11-7-6-8-12-23)17-24-14-15-35(5)32-28-22(4)20(2)16-21(3)31(28)36(26)33(30)29(24)32/h6-17H,18H2,1-5H3/q+1. The monoisotopic (exact) mass is 497 g/mol. The van der Waals surface area contributed by atoms with Crippen molar-refractivity contribution in [1.29, 1.82) is 0 Å². The summed E-state index contributed by atoms with van der Waals surface area (Å²) in [6.45, 7) is 8.99. The van der Waals surface area contributed by atoms with Crippen LogP contribution in [0.1, 0.15) is 38.2 Å². The average Bonchev–Trinajstić information content (AvgIpc) is 3.27. The molecule has 3 aromatic heterocycles. The smallest absolute Gasteiger partial charge is 0.339 e. The Morgan fingerprint density at radius 2 is 1.58 bits per heavy atom. The van der Waals surface area contributed by atoms with Gasteiger partial charge in [0.15, 0.2) is 6.20 Å². The second-order valence-corrected chi connectivity index (χ2v) is 10.6. The van der Waals surface area contributed by atoms with Crippen molar-refractivity contribution in [3.05, 3.63) is 106 Å². The molecule has 0 bridgehead atoms. The molecule has 4 heteroatoms. The zero-order valence-electron chi connectivity index (χ0n) is 22.3. The zero-order valence-corrected chi connectivity index (χ0v) is 22.3. The third-order valence-corrected chi connectivity index (χ3v) is 8.27. The van der Waals surface area contributed by atoms with Crippen molar-refractivity contribution in [2.75, 3.05) is 0 Å². The Balaban J connectivity index is 1.69. The second-order valence-electron chi connectivity index (χ2n) is 10.6. The van der Waals surface area contributed by atoms with Gasteiger partial charge in [0.05, 0.1) is 32.9 Å². The number of aromatic nitrogens is 2. The van der Waals surface area contributed by atoms with E-state index in [1.165, 1.54) is 38.5 Å². The van der Waals surface area contributed by atoms with Gasteiger partial charge in [-0.3, -0.25) is 0 Å². The van der Waals surface area contributed by atoms with Crippen molar-refractivity contribution in [3.63, 3.8) is 0 Å². The lowest BCUT2D eigenvalue weighted by atomic mass is 9.93. The van der Waals surface area contributed by atoms with Crippen LogP contribution in [0.5, 0.6) is 0 Å². The van der Waals surface area contributed by atoms with Crippen LogP contribution in [0.25, 0.3) is 49.0 Å². The van der Waals surface area contributed by atoms with Crippen LogP contribution in [0.3, 0.4) is 0 Å². The molecule has 0 aliphatic carbocycles. The molecule has 3 heterocycles. The molecule has 0 N–H and O–H groups in total. The molecule has 4 nitrogen and oxygen atoms in total. The molecule has 0 spiro atoms. The number of benzene rings is 4. The van der Waals surface area contributed by atoms with Crippen LogP contribution >= 0.6 is 0 Å². The Morgan fingerprint density at radius 3 is 2.37 bits per heavy atom. The molecule has 0 atom stereocenters. The summed E-state index contributed by atoms with van der Waals surface area (Å²) in [5, 5.41) is 5.57. The van der Waals surface area contributed by atoms with E-state index in [2.05, 4.69) is 80.2 Å². The molecule has 0 saturated heterocycles. The summed E-state index contributed by atoms with van der Waals surface area (Å²) in [6, 6.07) is 22.7. The first-order valence-corrected chi connectivity index (χ1v) is 13.1. The molecule has 0 fully saturated rings. The van der Waals surface area contributed by atoms with Crippen LogP contribution in [0.2, 0.25) is 0 Å². The van der Waals surface area contributed by atoms with Crippen LogP contribution in [0.4, 0.5) is 0 Å². The van der Waals surface area contributed by atoms with Crippen LogP contribution in [0, 0.1) is 27.7 Å². The maximum Gasteiger partial charge on any atom is 0.339 e. The largest absolute Gasteiger partial charge is 0.457 e. The van der Waals surface area contributed by atoms with Gasteiger partial charge in [-0.1, -0.05) is 48.5 Å². The third-order valence-electron chi connectivity index (χ3n) is 8.27. The molecule has 38 heavy (non-hydrogen) atoms. The van der Waals surface area contributed by atoms with Crippen molar-refractivity contribution in [2.45, 2.75) is 34.3 Å². The number of aryl methyl sites for hydroxylation is 5. The molecule has 0 aliphatic heterocycles. The normalized spacial score (nSPS) is 12.0. The van der Waals surface area contributed by atoms with Crippen molar-refractivity contribution >= 4 is 55.0 Å².